The van der Waals surface area contributed by atoms with Crippen LogP contribution in [0.25, 0.3) is 0 Å². The lowest BCUT2D eigenvalue weighted by atomic mass is 10.2. The molecule has 1 heterocycles. The summed E-state index contributed by atoms with van der Waals surface area (Å²) in [5.41, 5.74) is 7.04. The second kappa shape index (κ2) is 5.60. The van der Waals surface area contributed by atoms with Crippen molar-refractivity contribution in [3.63, 3.8) is 0 Å². The van der Waals surface area contributed by atoms with E-state index < -0.39 is 0 Å². The molecule has 94 valence electrons. The van der Waals surface area contributed by atoms with Gasteiger partial charge in [-0.1, -0.05) is 29.8 Å². The first-order chi connectivity index (χ1) is 8.70. The van der Waals surface area contributed by atoms with E-state index in [2.05, 4.69) is 4.98 Å². The van der Waals surface area contributed by atoms with Crippen molar-refractivity contribution < 1.29 is 9.47 Å². The largest absolute Gasteiger partial charge is 0.479 e. The Bertz CT molecular complexity index is 546. The number of anilines is 1. The third-order valence-corrected chi connectivity index (χ3v) is 2.76. The molecule has 2 rings (SSSR count). The quantitative estimate of drug-likeness (QED) is 0.922. The summed E-state index contributed by atoms with van der Waals surface area (Å²) >= 11 is 6.03. The molecule has 5 heteroatoms. The van der Waals surface area contributed by atoms with Crippen LogP contribution < -0.4 is 15.2 Å². The summed E-state index contributed by atoms with van der Waals surface area (Å²) in [6.07, 6.45) is 0. The highest BCUT2D eigenvalue weighted by Crippen LogP contribution is 2.23. The Morgan fingerprint density at radius 1 is 1.22 bits per heavy atom. The van der Waals surface area contributed by atoms with Crippen LogP contribution in [0.2, 0.25) is 5.02 Å². The number of nitrogens with zero attached hydrogens (tertiary/aromatic N) is 1. The van der Waals surface area contributed by atoms with Gasteiger partial charge in [0.25, 0.3) is 0 Å². The van der Waals surface area contributed by atoms with Gasteiger partial charge in [-0.15, -0.1) is 0 Å². The monoisotopic (exact) mass is 264 g/mol. The van der Waals surface area contributed by atoms with Gasteiger partial charge in [0.2, 0.25) is 11.8 Å². The van der Waals surface area contributed by atoms with E-state index in [0.717, 1.165) is 5.56 Å². The standard InChI is InChI=1S/C13H13ClN2O2/c1-17-13-11(15)6-7-12(16-13)18-8-9-4-2-3-5-10(9)14/h2-7H,8,15H2,1H3. The predicted molar refractivity (Wildman–Crippen MR) is 71.0 cm³/mol. The lowest BCUT2D eigenvalue weighted by molar-refractivity contribution is 0.287. The summed E-state index contributed by atoms with van der Waals surface area (Å²) in [5.74, 6) is 0.799. The third kappa shape index (κ3) is 2.84. The van der Waals surface area contributed by atoms with Crippen LogP contribution in [0.15, 0.2) is 36.4 Å². The van der Waals surface area contributed by atoms with E-state index in [-0.39, 0.29) is 0 Å². The van der Waals surface area contributed by atoms with Crippen molar-refractivity contribution in [2.24, 2.45) is 0 Å². The zero-order valence-corrected chi connectivity index (χ0v) is 10.6. The average molecular weight is 265 g/mol. The molecule has 1 aromatic carbocycles. The lowest BCUT2D eigenvalue weighted by Crippen LogP contribution is -2.01. The first kappa shape index (κ1) is 12.5. The second-order valence-electron chi connectivity index (χ2n) is 3.63. The summed E-state index contributed by atoms with van der Waals surface area (Å²) in [7, 11) is 1.51. The number of ether oxygens (including phenoxy) is 2. The zero-order chi connectivity index (χ0) is 13.0. The Morgan fingerprint density at radius 2 is 2.00 bits per heavy atom. The molecule has 0 radical (unpaired) electrons. The molecule has 0 amide bonds. The van der Waals surface area contributed by atoms with Crippen molar-refractivity contribution in [1.29, 1.82) is 0 Å². The third-order valence-electron chi connectivity index (χ3n) is 2.39. The number of methoxy groups -OCH3 is 1. The highest BCUT2D eigenvalue weighted by molar-refractivity contribution is 6.31. The Hall–Kier alpha value is -1.94. The normalized spacial score (nSPS) is 10.1. The number of nitrogen functional groups attached to an aromatic ring is 1. The molecule has 18 heavy (non-hydrogen) atoms. The molecular weight excluding hydrogens is 252 g/mol. The van der Waals surface area contributed by atoms with Gasteiger partial charge >= 0.3 is 0 Å². The van der Waals surface area contributed by atoms with Crippen LogP contribution >= 0.6 is 11.6 Å². The van der Waals surface area contributed by atoms with Gasteiger partial charge in [-0.05, 0) is 12.1 Å². The van der Waals surface area contributed by atoms with E-state index >= 15 is 0 Å². The van der Waals surface area contributed by atoms with Gasteiger partial charge in [0.1, 0.15) is 6.61 Å². The molecule has 0 spiro atoms. The Labute approximate surface area is 110 Å². The van der Waals surface area contributed by atoms with E-state index in [4.69, 9.17) is 26.8 Å². The number of aromatic nitrogens is 1. The molecular formula is C13H13ClN2O2. The molecule has 0 atom stereocenters. The number of hydrogen-bond donors (Lipinski definition) is 1. The fourth-order valence-corrected chi connectivity index (χ4v) is 1.64. The number of nitrogens with two attached hydrogens (primary N) is 1. The Balaban J connectivity index is 2.09. The molecule has 4 nitrogen and oxygen atoms in total. The summed E-state index contributed by atoms with van der Waals surface area (Å²) in [6.45, 7) is 0.347. The van der Waals surface area contributed by atoms with Gasteiger partial charge in [-0.25, -0.2) is 0 Å². The van der Waals surface area contributed by atoms with Crippen molar-refractivity contribution in [2.45, 2.75) is 6.61 Å². The van der Waals surface area contributed by atoms with Gasteiger partial charge < -0.3 is 15.2 Å². The predicted octanol–water partition coefficient (Wildman–Crippen LogP) is 2.90. The van der Waals surface area contributed by atoms with Gasteiger partial charge in [-0.3, -0.25) is 0 Å². The van der Waals surface area contributed by atoms with Crippen molar-refractivity contribution in [3.05, 3.63) is 47.0 Å². The molecule has 0 aliphatic heterocycles. The molecule has 0 saturated carbocycles. The first-order valence-corrected chi connectivity index (χ1v) is 5.75. The van der Waals surface area contributed by atoms with Crippen LogP contribution in [0, 0.1) is 0 Å². The van der Waals surface area contributed by atoms with Crippen LogP contribution in [0.1, 0.15) is 5.56 Å². The zero-order valence-electron chi connectivity index (χ0n) is 9.89. The number of halogens is 1. The molecule has 0 unspecified atom stereocenters. The maximum atomic E-state index is 6.03. The van der Waals surface area contributed by atoms with Gasteiger partial charge in [0.05, 0.1) is 12.8 Å². The number of benzene rings is 1. The van der Waals surface area contributed by atoms with E-state index in [1.165, 1.54) is 7.11 Å². The van der Waals surface area contributed by atoms with Crippen LogP contribution in [-0.4, -0.2) is 12.1 Å². The van der Waals surface area contributed by atoms with Gasteiger partial charge in [0.15, 0.2) is 0 Å². The van der Waals surface area contributed by atoms with Gasteiger partial charge in [-0.2, -0.15) is 4.98 Å². The highest BCUT2D eigenvalue weighted by Gasteiger charge is 2.05. The maximum absolute atomic E-state index is 6.03. The topological polar surface area (TPSA) is 57.4 Å². The maximum Gasteiger partial charge on any atom is 0.240 e. The second-order valence-corrected chi connectivity index (χ2v) is 4.04. The molecule has 2 N–H and O–H groups in total. The van der Waals surface area contributed by atoms with E-state index in [0.29, 0.717) is 29.1 Å². The molecule has 1 aromatic heterocycles. The van der Waals surface area contributed by atoms with Crippen molar-refractivity contribution in [1.82, 2.24) is 4.98 Å². The van der Waals surface area contributed by atoms with Gasteiger partial charge in [0, 0.05) is 16.7 Å². The van der Waals surface area contributed by atoms with E-state index in [9.17, 15) is 0 Å². The number of hydrogen-bond acceptors (Lipinski definition) is 4. The van der Waals surface area contributed by atoms with Crippen molar-refractivity contribution in [3.8, 4) is 11.8 Å². The summed E-state index contributed by atoms with van der Waals surface area (Å²) < 4.78 is 10.6. The van der Waals surface area contributed by atoms with Crippen LogP contribution in [0.5, 0.6) is 11.8 Å². The molecule has 0 fully saturated rings. The minimum Gasteiger partial charge on any atom is -0.479 e. The fraction of sp³-hybridized carbons (Fsp3) is 0.154. The minimum absolute atomic E-state index is 0.347. The highest BCUT2D eigenvalue weighted by atomic mass is 35.5. The fourth-order valence-electron chi connectivity index (χ4n) is 1.45. The van der Waals surface area contributed by atoms with Crippen LogP contribution in [-0.2, 0) is 6.61 Å². The van der Waals surface area contributed by atoms with Crippen LogP contribution in [0.3, 0.4) is 0 Å². The smallest absolute Gasteiger partial charge is 0.240 e. The van der Waals surface area contributed by atoms with E-state index in [1.54, 1.807) is 12.1 Å². The van der Waals surface area contributed by atoms with Crippen molar-refractivity contribution >= 4 is 17.3 Å². The molecule has 0 aliphatic carbocycles. The Kier molecular flexibility index (Phi) is 3.89. The minimum atomic E-state index is 0.347. The molecule has 0 aliphatic rings. The lowest BCUT2D eigenvalue weighted by Gasteiger charge is -2.09. The average Bonchev–Trinajstić information content (AvgIpc) is 2.39. The summed E-state index contributed by atoms with van der Waals surface area (Å²) in [6, 6.07) is 10.9. The van der Waals surface area contributed by atoms with E-state index in [1.807, 2.05) is 24.3 Å². The first-order valence-electron chi connectivity index (χ1n) is 5.37. The molecule has 0 saturated heterocycles. The molecule has 2 aromatic rings. The van der Waals surface area contributed by atoms with Crippen LogP contribution in [0.4, 0.5) is 5.69 Å². The SMILES string of the molecule is COc1nc(OCc2ccccc2Cl)ccc1N. The summed E-state index contributed by atoms with van der Waals surface area (Å²) in [4.78, 5) is 4.12. The summed E-state index contributed by atoms with van der Waals surface area (Å²) in [5, 5.41) is 0.667. The van der Waals surface area contributed by atoms with Crippen molar-refractivity contribution in [2.75, 3.05) is 12.8 Å². The molecule has 0 bridgehead atoms. The Morgan fingerprint density at radius 3 is 2.72 bits per heavy atom. The number of pyridine rings is 1. The number of rotatable bonds is 4.